The Balaban J connectivity index is 1.77. The smallest absolute Gasteiger partial charge is 0.225 e. The van der Waals surface area contributed by atoms with Gasteiger partial charge < -0.3 is 10.6 Å². The Kier molecular flexibility index (Phi) is 5.19. The van der Waals surface area contributed by atoms with Gasteiger partial charge in [0.25, 0.3) is 0 Å². The van der Waals surface area contributed by atoms with Crippen LogP contribution in [0.3, 0.4) is 0 Å². The average molecular weight is 353 g/mol. The molecule has 0 bridgehead atoms. The molecule has 0 spiro atoms. The number of aryl methyl sites for hydroxylation is 3. The van der Waals surface area contributed by atoms with E-state index < -0.39 is 0 Å². The van der Waals surface area contributed by atoms with E-state index in [1.807, 2.05) is 37.3 Å². The molecule has 1 aromatic heterocycles. The lowest BCUT2D eigenvalue weighted by atomic mass is 10.1. The highest BCUT2D eigenvalue weighted by Gasteiger charge is 2.06. The number of rotatable bonds is 5. The summed E-state index contributed by atoms with van der Waals surface area (Å²) in [5.74, 6) is 1.34. The predicted molar refractivity (Wildman–Crippen MR) is 105 cm³/mol. The lowest BCUT2D eigenvalue weighted by Crippen LogP contribution is -2.07. The molecule has 4 nitrogen and oxygen atoms in total. The first-order chi connectivity index (χ1) is 12.0. The second-order valence-electron chi connectivity index (χ2n) is 6.11. The first-order valence-corrected chi connectivity index (χ1v) is 8.56. The summed E-state index contributed by atoms with van der Waals surface area (Å²) < 4.78 is 0. The molecule has 25 heavy (non-hydrogen) atoms. The normalized spacial score (nSPS) is 10.6. The molecule has 0 atom stereocenters. The molecule has 5 heteroatoms. The largest absolute Gasteiger partial charge is 0.350 e. The number of anilines is 3. The van der Waals surface area contributed by atoms with E-state index in [-0.39, 0.29) is 0 Å². The van der Waals surface area contributed by atoms with E-state index >= 15 is 0 Å². The topological polar surface area (TPSA) is 49.8 Å². The first-order valence-electron chi connectivity index (χ1n) is 8.18. The Hall–Kier alpha value is -2.59. The molecule has 0 radical (unpaired) electrons. The zero-order chi connectivity index (χ0) is 17.8. The zero-order valence-corrected chi connectivity index (χ0v) is 15.4. The van der Waals surface area contributed by atoms with Gasteiger partial charge in [-0.2, -0.15) is 4.98 Å². The lowest BCUT2D eigenvalue weighted by Gasteiger charge is -2.12. The molecule has 2 N–H and O–H groups in total. The molecule has 0 saturated carbocycles. The van der Waals surface area contributed by atoms with Gasteiger partial charge in [0.1, 0.15) is 5.82 Å². The number of nitrogens with one attached hydrogen (secondary N) is 2. The van der Waals surface area contributed by atoms with Gasteiger partial charge in [0.05, 0.1) is 0 Å². The van der Waals surface area contributed by atoms with Crippen molar-refractivity contribution in [2.24, 2.45) is 0 Å². The molecule has 0 unspecified atom stereocenters. The van der Waals surface area contributed by atoms with Gasteiger partial charge in [-0.3, -0.25) is 0 Å². The monoisotopic (exact) mass is 352 g/mol. The highest BCUT2D eigenvalue weighted by atomic mass is 35.5. The van der Waals surface area contributed by atoms with Crippen molar-refractivity contribution in [1.82, 2.24) is 9.97 Å². The van der Waals surface area contributed by atoms with E-state index in [2.05, 4.69) is 52.6 Å². The average Bonchev–Trinajstić information content (AvgIpc) is 2.56. The molecule has 0 amide bonds. The minimum atomic E-state index is 0.576. The van der Waals surface area contributed by atoms with Crippen LogP contribution in [0.4, 0.5) is 17.5 Å². The fourth-order valence-corrected chi connectivity index (χ4v) is 2.82. The van der Waals surface area contributed by atoms with Crippen molar-refractivity contribution in [1.29, 1.82) is 0 Å². The van der Waals surface area contributed by atoms with Crippen molar-refractivity contribution in [2.45, 2.75) is 27.3 Å². The fraction of sp³-hybridized carbons (Fsp3) is 0.200. The molecule has 0 aliphatic carbocycles. The standard InChI is InChI=1S/C20H21ClN4/c1-13-8-9-18(14(2)10-13)24-19-11-15(3)23-20(25-19)22-12-16-6-4-5-7-17(16)21/h4-11H,12H2,1-3H3,(H2,22,23,24,25). The maximum atomic E-state index is 6.20. The second kappa shape index (κ2) is 7.53. The number of nitrogens with zero attached hydrogens (tertiary/aromatic N) is 2. The minimum absolute atomic E-state index is 0.576. The van der Waals surface area contributed by atoms with Gasteiger partial charge in [0.2, 0.25) is 5.95 Å². The van der Waals surface area contributed by atoms with Crippen LogP contribution in [0.25, 0.3) is 0 Å². The number of hydrogen-bond acceptors (Lipinski definition) is 4. The van der Waals surface area contributed by atoms with E-state index in [1.54, 1.807) is 0 Å². The van der Waals surface area contributed by atoms with Crippen molar-refractivity contribution in [2.75, 3.05) is 10.6 Å². The second-order valence-corrected chi connectivity index (χ2v) is 6.51. The van der Waals surface area contributed by atoms with Gasteiger partial charge in [0, 0.05) is 29.0 Å². The summed E-state index contributed by atoms with van der Waals surface area (Å²) in [5.41, 5.74) is 5.37. The van der Waals surface area contributed by atoms with Crippen LogP contribution in [-0.4, -0.2) is 9.97 Å². The van der Waals surface area contributed by atoms with Gasteiger partial charge in [-0.15, -0.1) is 0 Å². The van der Waals surface area contributed by atoms with Gasteiger partial charge >= 0.3 is 0 Å². The van der Waals surface area contributed by atoms with Crippen molar-refractivity contribution < 1.29 is 0 Å². The molecule has 2 aromatic carbocycles. The summed E-state index contributed by atoms with van der Waals surface area (Å²) in [7, 11) is 0. The van der Waals surface area contributed by atoms with Crippen molar-refractivity contribution in [3.05, 3.63) is 75.9 Å². The fourth-order valence-electron chi connectivity index (χ4n) is 2.62. The molecule has 0 aliphatic heterocycles. The summed E-state index contributed by atoms with van der Waals surface area (Å²) in [6.07, 6.45) is 0. The van der Waals surface area contributed by atoms with Crippen LogP contribution in [-0.2, 0) is 6.54 Å². The molecular weight excluding hydrogens is 332 g/mol. The van der Waals surface area contributed by atoms with Gasteiger partial charge in [-0.1, -0.05) is 47.5 Å². The Morgan fingerprint density at radius 2 is 1.76 bits per heavy atom. The Labute approximate surface area is 153 Å². The van der Waals surface area contributed by atoms with Crippen LogP contribution in [0, 0.1) is 20.8 Å². The summed E-state index contributed by atoms with van der Waals surface area (Å²) >= 11 is 6.20. The van der Waals surface area contributed by atoms with Gasteiger partial charge in [-0.25, -0.2) is 4.98 Å². The maximum absolute atomic E-state index is 6.20. The molecule has 0 aliphatic rings. The first kappa shape index (κ1) is 17.2. The van der Waals surface area contributed by atoms with Gasteiger partial charge in [-0.05, 0) is 44.0 Å². The van der Waals surface area contributed by atoms with E-state index in [4.69, 9.17) is 11.6 Å². The summed E-state index contributed by atoms with van der Waals surface area (Å²) in [6.45, 7) is 6.70. The summed E-state index contributed by atoms with van der Waals surface area (Å²) in [6, 6.07) is 16.0. The molecule has 1 heterocycles. The van der Waals surface area contributed by atoms with E-state index in [0.717, 1.165) is 27.8 Å². The minimum Gasteiger partial charge on any atom is -0.350 e. The maximum Gasteiger partial charge on any atom is 0.225 e. The van der Waals surface area contributed by atoms with Gasteiger partial charge in [0.15, 0.2) is 0 Å². The van der Waals surface area contributed by atoms with Crippen molar-refractivity contribution in [3.63, 3.8) is 0 Å². The van der Waals surface area contributed by atoms with Crippen LogP contribution in [0.2, 0.25) is 5.02 Å². The highest BCUT2D eigenvalue weighted by molar-refractivity contribution is 6.31. The summed E-state index contributed by atoms with van der Waals surface area (Å²) in [4.78, 5) is 9.01. The van der Waals surface area contributed by atoms with Crippen molar-refractivity contribution in [3.8, 4) is 0 Å². The Morgan fingerprint density at radius 1 is 0.960 bits per heavy atom. The molecule has 0 saturated heterocycles. The predicted octanol–water partition coefficient (Wildman–Crippen LogP) is 5.41. The Bertz CT molecular complexity index is 893. The third-order valence-corrected chi connectivity index (χ3v) is 4.26. The molecule has 3 aromatic rings. The van der Waals surface area contributed by atoms with E-state index in [9.17, 15) is 0 Å². The van der Waals surface area contributed by atoms with Crippen LogP contribution < -0.4 is 10.6 Å². The van der Waals surface area contributed by atoms with Crippen LogP contribution in [0.1, 0.15) is 22.4 Å². The Morgan fingerprint density at radius 3 is 2.52 bits per heavy atom. The lowest BCUT2D eigenvalue weighted by molar-refractivity contribution is 1.03. The number of aromatic nitrogens is 2. The molecular formula is C20H21ClN4. The van der Waals surface area contributed by atoms with Crippen LogP contribution >= 0.6 is 11.6 Å². The number of hydrogen-bond donors (Lipinski definition) is 2. The van der Waals surface area contributed by atoms with E-state index in [1.165, 1.54) is 11.1 Å². The molecule has 128 valence electrons. The van der Waals surface area contributed by atoms with E-state index in [0.29, 0.717) is 12.5 Å². The molecule has 3 rings (SSSR count). The third kappa shape index (κ3) is 4.48. The third-order valence-electron chi connectivity index (χ3n) is 3.89. The highest BCUT2D eigenvalue weighted by Crippen LogP contribution is 2.22. The molecule has 0 fully saturated rings. The number of halogens is 1. The van der Waals surface area contributed by atoms with Crippen LogP contribution in [0.5, 0.6) is 0 Å². The quantitative estimate of drug-likeness (QED) is 0.644. The number of benzene rings is 2. The summed E-state index contributed by atoms with van der Waals surface area (Å²) in [5, 5.41) is 7.35. The van der Waals surface area contributed by atoms with Crippen molar-refractivity contribution >= 4 is 29.1 Å². The SMILES string of the molecule is Cc1ccc(Nc2cc(C)nc(NCc3ccccc3Cl)n2)c(C)c1. The zero-order valence-electron chi connectivity index (χ0n) is 14.6. The van der Waals surface area contributed by atoms with Crippen LogP contribution in [0.15, 0.2) is 48.5 Å².